The average Bonchev–Trinajstić information content (AvgIpc) is 2.60. The highest BCUT2D eigenvalue weighted by molar-refractivity contribution is 7.84. The third-order valence-electron chi connectivity index (χ3n) is 1.86. The van der Waals surface area contributed by atoms with E-state index in [9.17, 15) is 8.42 Å². The standard InChI is InChI=1S/C8H9NO6S/c1-12-5-2-6-7(14-4-13-6)3-8(5)15-16(9,10)11/h2-3H,4H2,1H3,(H2,9,10,11). The van der Waals surface area contributed by atoms with Crippen molar-refractivity contribution in [3.05, 3.63) is 12.1 Å². The maximum atomic E-state index is 10.8. The molecule has 0 saturated carbocycles. The van der Waals surface area contributed by atoms with Crippen molar-refractivity contribution in [2.24, 2.45) is 5.14 Å². The first-order chi connectivity index (χ1) is 7.49. The summed E-state index contributed by atoms with van der Waals surface area (Å²) in [5, 5.41) is 4.76. The van der Waals surface area contributed by atoms with Crippen molar-refractivity contribution in [1.82, 2.24) is 0 Å². The van der Waals surface area contributed by atoms with Gasteiger partial charge in [-0.2, -0.15) is 13.6 Å². The summed E-state index contributed by atoms with van der Waals surface area (Å²) in [4.78, 5) is 0. The predicted molar refractivity (Wildman–Crippen MR) is 52.9 cm³/mol. The molecule has 2 N–H and O–H groups in total. The van der Waals surface area contributed by atoms with Crippen molar-refractivity contribution in [2.45, 2.75) is 0 Å². The van der Waals surface area contributed by atoms with E-state index in [1.165, 1.54) is 19.2 Å². The maximum Gasteiger partial charge on any atom is 0.380 e. The lowest BCUT2D eigenvalue weighted by Gasteiger charge is -2.08. The first-order valence-corrected chi connectivity index (χ1v) is 5.66. The lowest BCUT2D eigenvalue weighted by Crippen LogP contribution is -2.19. The number of ether oxygens (including phenoxy) is 3. The minimum Gasteiger partial charge on any atom is -0.493 e. The maximum absolute atomic E-state index is 10.8. The molecular formula is C8H9NO6S. The van der Waals surface area contributed by atoms with Gasteiger partial charge in [-0.05, 0) is 0 Å². The molecule has 8 heteroatoms. The smallest absolute Gasteiger partial charge is 0.380 e. The Morgan fingerprint density at radius 1 is 1.25 bits per heavy atom. The molecule has 0 fully saturated rings. The minimum absolute atomic E-state index is 0.0470. The van der Waals surface area contributed by atoms with Gasteiger partial charge in [-0.25, -0.2) is 0 Å². The quantitative estimate of drug-likeness (QED) is 0.807. The van der Waals surface area contributed by atoms with Crippen LogP contribution in [0.5, 0.6) is 23.0 Å². The van der Waals surface area contributed by atoms with Crippen LogP contribution in [0.3, 0.4) is 0 Å². The van der Waals surface area contributed by atoms with Crippen LogP contribution < -0.4 is 23.5 Å². The van der Waals surface area contributed by atoms with E-state index >= 15 is 0 Å². The Morgan fingerprint density at radius 2 is 1.81 bits per heavy atom. The largest absolute Gasteiger partial charge is 0.493 e. The Balaban J connectivity index is 2.44. The number of methoxy groups -OCH3 is 1. The summed E-state index contributed by atoms with van der Waals surface area (Å²) in [6.45, 7) is 0.0668. The summed E-state index contributed by atoms with van der Waals surface area (Å²) in [5.74, 6) is 0.977. The molecule has 0 atom stereocenters. The van der Waals surface area contributed by atoms with Crippen LogP contribution in [-0.4, -0.2) is 22.3 Å². The molecule has 16 heavy (non-hydrogen) atoms. The molecule has 0 aliphatic carbocycles. The van der Waals surface area contributed by atoms with E-state index < -0.39 is 10.3 Å². The van der Waals surface area contributed by atoms with Crippen LogP contribution >= 0.6 is 0 Å². The molecule has 0 amide bonds. The zero-order valence-electron chi connectivity index (χ0n) is 8.30. The van der Waals surface area contributed by atoms with Crippen LogP contribution in [0.4, 0.5) is 0 Å². The normalized spacial score (nSPS) is 13.6. The fourth-order valence-electron chi connectivity index (χ4n) is 1.25. The third-order valence-corrected chi connectivity index (χ3v) is 2.28. The van der Waals surface area contributed by atoms with Crippen LogP contribution in [-0.2, 0) is 10.3 Å². The average molecular weight is 247 g/mol. The summed E-state index contributed by atoms with van der Waals surface area (Å²) in [7, 11) is -2.73. The molecule has 0 spiro atoms. The van der Waals surface area contributed by atoms with E-state index in [1.807, 2.05) is 0 Å². The van der Waals surface area contributed by atoms with E-state index in [4.69, 9.17) is 19.3 Å². The first kappa shape index (κ1) is 10.8. The SMILES string of the molecule is COc1cc2c(cc1OS(N)(=O)=O)OCO2. The van der Waals surface area contributed by atoms with E-state index in [0.717, 1.165) is 0 Å². The van der Waals surface area contributed by atoms with Crippen molar-refractivity contribution in [3.8, 4) is 23.0 Å². The van der Waals surface area contributed by atoms with Gasteiger partial charge in [-0.1, -0.05) is 0 Å². The molecule has 1 heterocycles. The van der Waals surface area contributed by atoms with Crippen molar-refractivity contribution in [1.29, 1.82) is 0 Å². The van der Waals surface area contributed by atoms with Crippen LogP contribution in [0.15, 0.2) is 12.1 Å². The van der Waals surface area contributed by atoms with Crippen LogP contribution in [0.25, 0.3) is 0 Å². The molecule has 0 radical (unpaired) electrons. The molecule has 1 aliphatic rings. The number of hydrogen-bond acceptors (Lipinski definition) is 6. The Hall–Kier alpha value is -1.67. The lowest BCUT2D eigenvalue weighted by atomic mass is 10.3. The van der Waals surface area contributed by atoms with Gasteiger partial charge in [0.15, 0.2) is 23.0 Å². The fourth-order valence-corrected chi connectivity index (χ4v) is 1.63. The first-order valence-electron chi connectivity index (χ1n) is 4.19. The van der Waals surface area contributed by atoms with Crippen molar-refractivity contribution < 1.29 is 26.8 Å². The molecule has 1 aromatic rings. The lowest BCUT2D eigenvalue weighted by molar-refractivity contribution is 0.174. The summed E-state index contributed by atoms with van der Waals surface area (Å²) >= 11 is 0. The molecule has 0 aromatic heterocycles. The van der Waals surface area contributed by atoms with Gasteiger partial charge in [0.1, 0.15) is 0 Å². The van der Waals surface area contributed by atoms with Crippen molar-refractivity contribution in [2.75, 3.05) is 13.9 Å². The third kappa shape index (κ3) is 2.12. The molecule has 0 bridgehead atoms. The van der Waals surface area contributed by atoms with Gasteiger partial charge in [-0.15, -0.1) is 0 Å². The van der Waals surface area contributed by atoms with Gasteiger partial charge >= 0.3 is 10.3 Å². The molecule has 2 rings (SSSR count). The topological polar surface area (TPSA) is 97.1 Å². The number of rotatable bonds is 3. The van der Waals surface area contributed by atoms with Crippen LogP contribution in [0.1, 0.15) is 0 Å². The molecular weight excluding hydrogens is 238 g/mol. The van der Waals surface area contributed by atoms with E-state index in [2.05, 4.69) is 4.18 Å². The second-order valence-corrected chi connectivity index (χ2v) is 4.08. The van der Waals surface area contributed by atoms with Gasteiger partial charge in [0, 0.05) is 12.1 Å². The number of benzene rings is 1. The molecule has 1 aromatic carbocycles. The summed E-state index contributed by atoms with van der Waals surface area (Å²) in [6.07, 6.45) is 0. The molecule has 7 nitrogen and oxygen atoms in total. The van der Waals surface area contributed by atoms with Gasteiger partial charge in [0.25, 0.3) is 0 Å². The second kappa shape index (κ2) is 3.72. The second-order valence-electron chi connectivity index (χ2n) is 2.93. The monoisotopic (exact) mass is 247 g/mol. The van der Waals surface area contributed by atoms with Gasteiger partial charge < -0.3 is 18.4 Å². The highest BCUT2D eigenvalue weighted by Gasteiger charge is 2.20. The Morgan fingerprint density at radius 3 is 2.31 bits per heavy atom. The van der Waals surface area contributed by atoms with Crippen LogP contribution in [0.2, 0.25) is 0 Å². The molecule has 0 saturated heterocycles. The Kier molecular flexibility index (Phi) is 2.52. The highest BCUT2D eigenvalue weighted by Crippen LogP contribution is 2.42. The van der Waals surface area contributed by atoms with Gasteiger partial charge in [0.05, 0.1) is 7.11 Å². The van der Waals surface area contributed by atoms with E-state index in [-0.39, 0.29) is 18.3 Å². The summed E-state index contributed by atoms with van der Waals surface area (Å²) in [6, 6.07) is 2.80. The summed E-state index contributed by atoms with van der Waals surface area (Å²) < 4.78 is 41.2. The molecule has 1 aliphatic heterocycles. The number of hydrogen-bond donors (Lipinski definition) is 1. The Labute approximate surface area is 91.9 Å². The number of nitrogens with two attached hydrogens (primary N) is 1. The molecule has 0 unspecified atom stereocenters. The zero-order valence-corrected chi connectivity index (χ0v) is 9.11. The predicted octanol–water partition coefficient (Wildman–Crippen LogP) is 0.00620. The molecule has 88 valence electrons. The highest BCUT2D eigenvalue weighted by atomic mass is 32.2. The zero-order chi connectivity index (χ0) is 11.8. The van der Waals surface area contributed by atoms with Gasteiger partial charge in [-0.3, -0.25) is 0 Å². The van der Waals surface area contributed by atoms with E-state index in [1.54, 1.807) is 0 Å². The van der Waals surface area contributed by atoms with Gasteiger partial charge in [0.2, 0.25) is 6.79 Å². The fraction of sp³-hybridized carbons (Fsp3) is 0.250. The Bertz CT molecular complexity index is 512. The number of fused-ring (bicyclic) bond motifs is 1. The summed E-state index contributed by atoms with van der Waals surface area (Å²) in [5.41, 5.74) is 0. The van der Waals surface area contributed by atoms with E-state index in [0.29, 0.717) is 11.5 Å². The minimum atomic E-state index is -4.10. The van der Waals surface area contributed by atoms with Crippen LogP contribution in [0, 0.1) is 0 Å². The van der Waals surface area contributed by atoms with Crippen molar-refractivity contribution in [3.63, 3.8) is 0 Å². The van der Waals surface area contributed by atoms with Crippen molar-refractivity contribution >= 4 is 10.3 Å².